The van der Waals surface area contributed by atoms with E-state index in [4.69, 9.17) is 0 Å². The third-order valence-corrected chi connectivity index (χ3v) is 6.61. The van der Waals surface area contributed by atoms with Gasteiger partial charge >= 0.3 is 0 Å². The molecule has 9 heteroatoms. The van der Waals surface area contributed by atoms with Crippen LogP contribution in [0.2, 0.25) is 0 Å². The van der Waals surface area contributed by atoms with Crippen molar-refractivity contribution in [3.63, 3.8) is 0 Å². The van der Waals surface area contributed by atoms with E-state index in [9.17, 15) is 9.59 Å². The van der Waals surface area contributed by atoms with Crippen molar-refractivity contribution in [1.29, 1.82) is 0 Å². The molecule has 0 radical (unpaired) electrons. The van der Waals surface area contributed by atoms with Gasteiger partial charge in [-0.05, 0) is 12.0 Å². The molecular formula is C22H25N7O2. The van der Waals surface area contributed by atoms with E-state index in [0.29, 0.717) is 31.7 Å². The van der Waals surface area contributed by atoms with Gasteiger partial charge in [-0.15, -0.1) is 0 Å². The van der Waals surface area contributed by atoms with Gasteiger partial charge in [-0.25, -0.2) is 15.0 Å². The SMILES string of the molecule is CC(=O)N[C@@]12CCN(C(C)=O)CC1[C@@H](c1ccccc1)N(c1ncnc3nc[nH]c13)C2. The maximum Gasteiger partial charge on any atom is 0.219 e. The lowest BCUT2D eigenvalue weighted by atomic mass is 9.75. The lowest BCUT2D eigenvalue weighted by molar-refractivity contribution is -0.132. The average molecular weight is 419 g/mol. The molecule has 2 aliphatic rings. The van der Waals surface area contributed by atoms with Crippen LogP contribution in [0.3, 0.4) is 0 Å². The zero-order valence-electron chi connectivity index (χ0n) is 17.6. The van der Waals surface area contributed by atoms with E-state index < -0.39 is 5.54 Å². The van der Waals surface area contributed by atoms with E-state index in [2.05, 4.69) is 42.3 Å². The van der Waals surface area contributed by atoms with Gasteiger partial charge in [0.05, 0.1) is 17.9 Å². The predicted molar refractivity (Wildman–Crippen MR) is 115 cm³/mol. The number of carbonyl (C=O) groups excluding carboxylic acids is 2. The number of carbonyl (C=O) groups is 2. The summed E-state index contributed by atoms with van der Waals surface area (Å²) in [4.78, 5) is 45.0. The molecule has 0 spiro atoms. The number of fused-ring (bicyclic) bond motifs is 2. The monoisotopic (exact) mass is 419 g/mol. The third-order valence-electron chi connectivity index (χ3n) is 6.61. The number of likely N-dealkylation sites (tertiary alicyclic amines) is 1. The number of anilines is 1. The number of piperidine rings is 1. The van der Waals surface area contributed by atoms with Gasteiger partial charge in [-0.2, -0.15) is 0 Å². The van der Waals surface area contributed by atoms with Crippen LogP contribution in [0.4, 0.5) is 5.82 Å². The van der Waals surface area contributed by atoms with Gasteiger partial charge in [0, 0.05) is 39.4 Å². The van der Waals surface area contributed by atoms with E-state index in [0.717, 1.165) is 16.9 Å². The molecule has 1 unspecified atom stereocenters. The molecule has 9 nitrogen and oxygen atoms in total. The van der Waals surface area contributed by atoms with Gasteiger partial charge in [0.1, 0.15) is 11.8 Å². The standard InChI is InChI=1S/C22H25N7O2/c1-14(30)27-22-8-9-28(15(2)31)10-17(22)19(16-6-4-3-5-7-16)29(11-22)21-18-20(24-12-23-18)25-13-26-21/h3-7,12-13,17,19H,8-11H2,1-2H3,(H,27,30)(H,23,24,25,26)/t17?,19-,22-/m1/s1. The summed E-state index contributed by atoms with van der Waals surface area (Å²) in [5, 5.41) is 3.27. The molecule has 4 heterocycles. The maximum atomic E-state index is 12.3. The summed E-state index contributed by atoms with van der Waals surface area (Å²) in [6.07, 6.45) is 3.83. The molecule has 0 bridgehead atoms. The highest BCUT2D eigenvalue weighted by molar-refractivity contribution is 5.84. The Labute approximate surface area is 179 Å². The second-order valence-corrected chi connectivity index (χ2v) is 8.44. The van der Waals surface area contributed by atoms with Gasteiger partial charge in [-0.1, -0.05) is 30.3 Å². The van der Waals surface area contributed by atoms with E-state index in [-0.39, 0.29) is 23.8 Å². The quantitative estimate of drug-likeness (QED) is 0.669. The van der Waals surface area contributed by atoms with Gasteiger partial charge < -0.3 is 20.1 Å². The van der Waals surface area contributed by atoms with Crippen LogP contribution >= 0.6 is 0 Å². The van der Waals surface area contributed by atoms with Crippen LogP contribution < -0.4 is 10.2 Å². The van der Waals surface area contributed by atoms with Gasteiger partial charge in [-0.3, -0.25) is 9.59 Å². The maximum absolute atomic E-state index is 12.3. The minimum Gasteiger partial charge on any atom is -0.349 e. The summed E-state index contributed by atoms with van der Waals surface area (Å²) in [6.45, 7) is 4.94. The Morgan fingerprint density at radius 3 is 2.71 bits per heavy atom. The average Bonchev–Trinajstić information content (AvgIpc) is 3.35. The van der Waals surface area contributed by atoms with Crippen LogP contribution in [-0.2, 0) is 9.59 Å². The van der Waals surface area contributed by atoms with Crippen LogP contribution in [-0.4, -0.2) is 61.8 Å². The third kappa shape index (κ3) is 3.20. The fourth-order valence-corrected chi connectivity index (χ4v) is 5.31. The minimum atomic E-state index is -0.463. The van der Waals surface area contributed by atoms with Crippen molar-refractivity contribution in [1.82, 2.24) is 30.2 Å². The molecular weight excluding hydrogens is 394 g/mol. The molecule has 1 aromatic carbocycles. The van der Waals surface area contributed by atoms with Crippen LogP contribution in [0.15, 0.2) is 43.0 Å². The molecule has 3 aromatic rings. The zero-order valence-corrected chi connectivity index (χ0v) is 17.6. The van der Waals surface area contributed by atoms with Crippen molar-refractivity contribution >= 4 is 28.8 Å². The summed E-state index contributed by atoms with van der Waals surface area (Å²) in [6, 6.07) is 10.1. The summed E-state index contributed by atoms with van der Waals surface area (Å²) < 4.78 is 0. The summed E-state index contributed by atoms with van der Waals surface area (Å²) in [5.41, 5.74) is 2.03. The molecule has 2 fully saturated rings. The van der Waals surface area contributed by atoms with Crippen molar-refractivity contribution < 1.29 is 9.59 Å². The smallest absolute Gasteiger partial charge is 0.219 e. The number of amides is 2. The largest absolute Gasteiger partial charge is 0.349 e. The number of imidazole rings is 1. The van der Waals surface area contributed by atoms with Crippen LogP contribution in [0, 0.1) is 5.92 Å². The Morgan fingerprint density at radius 1 is 1.16 bits per heavy atom. The Balaban J connectivity index is 1.67. The fourth-order valence-electron chi connectivity index (χ4n) is 5.31. The molecule has 2 aromatic heterocycles. The van der Waals surface area contributed by atoms with Crippen molar-refractivity contribution in [3.8, 4) is 0 Å². The second-order valence-electron chi connectivity index (χ2n) is 8.44. The molecule has 5 rings (SSSR count). The first-order valence-electron chi connectivity index (χ1n) is 10.5. The molecule has 2 aliphatic heterocycles. The van der Waals surface area contributed by atoms with Crippen molar-refractivity contribution in [2.24, 2.45) is 5.92 Å². The second kappa shape index (κ2) is 7.33. The topological polar surface area (TPSA) is 107 Å². The number of H-pyrrole nitrogens is 1. The molecule has 2 saturated heterocycles. The highest BCUT2D eigenvalue weighted by Gasteiger charge is 2.56. The van der Waals surface area contributed by atoms with Crippen molar-refractivity contribution in [2.45, 2.75) is 31.8 Å². The van der Waals surface area contributed by atoms with E-state index >= 15 is 0 Å². The first kappa shape index (κ1) is 19.5. The molecule has 3 atom stereocenters. The van der Waals surface area contributed by atoms with Crippen LogP contribution in [0.1, 0.15) is 31.9 Å². The van der Waals surface area contributed by atoms with Crippen molar-refractivity contribution in [2.75, 3.05) is 24.5 Å². The predicted octanol–water partition coefficient (Wildman–Crippen LogP) is 1.66. The Morgan fingerprint density at radius 2 is 1.97 bits per heavy atom. The molecule has 31 heavy (non-hydrogen) atoms. The summed E-state index contributed by atoms with van der Waals surface area (Å²) in [7, 11) is 0. The Hall–Kier alpha value is -3.49. The number of rotatable bonds is 3. The number of aromatic amines is 1. The fraction of sp³-hybridized carbons (Fsp3) is 0.409. The number of hydrogen-bond acceptors (Lipinski definition) is 6. The summed E-state index contributed by atoms with van der Waals surface area (Å²) >= 11 is 0. The number of nitrogens with zero attached hydrogens (tertiary/aromatic N) is 5. The zero-order chi connectivity index (χ0) is 21.6. The number of nitrogens with one attached hydrogen (secondary N) is 2. The van der Waals surface area contributed by atoms with Crippen LogP contribution in [0.5, 0.6) is 0 Å². The van der Waals surface area contributed by atoms with E-state index in [1.165, 1.54) is 6.33 Å². The van der Waals surface area contributed by atoms with Gasteiger partial charge in [0.25, 0.3) is 0 Å². The van der Waals surface area contributed by atoms with E-state index in [1.807, 2.05) is 23.1 Å². The first-order chi connectivity index (χ1) is 15.0. The molecule has 0 aliphatic carbocycles. The highest BCUT2D eigenvalue weighted by Crippen LogP contribution is 2.49. The number of hydrogen-bond donors (Lipinski definition) is 2. The molecule has 160 valence electrons. The molecule has 0 saturated carbocycles. The van der Waals surface area contributed by atoms with E-state index in [1.54, 1.807) is 20.2 Å². The molecule has 2 N–H and O–H groups in total. The first-order valence-corrected chi connectivity index (χ1v) is 10.5. The van der Waals surface area contributed by atoms with Crippen LogP contribution in [0.25, 0.3) is 11.2 Å². The molecule has 2 amide bonds. The Kier molecular flexibility index (Phi) is 4.60. The lowest BCUT2D eigenvalue weighted by Crippen LogP contribution is -2.61. The van der Waals surface area contributed by atoms with Crippen molar-refractivity contribution in [3.05, 3.63) is 48.5 Å². The number of aromatic nitrogens is 4. The summed E-state index contributed by atoms with van der Waals surface area (Å²) in [5.74, 6) is 0.748. The highest BCUT2D eigenvalue weighted by atomic mass is 16.2. The number of benzene rings is 1. The lowest BCUT2D eigenvalue weighted by Gasteiger charge is -2.44. The Bertz CT molecular complexity index is 1130. The van der Waals surface area contributed by atoms with Gasteiger partial charge in [0.2, 0.25) is 11.8 Å². The minimum absolute atomic E-state index is 0.00406. The van der Waals surface area contributed by atoms with Gasteiger partial charge in [0.15, 0.2) is 11.5 Å². The normalized spacial score (nSPS) is 25.5.